The highest BCUT2D eigenvalue weighted by molar-refractivity contribution is 7.90. The maximum absolute atomic E-state index is 13.0. The number of allylic oxidation sites excluding steroid dienone is 1. The molecule has 136 valence electrons. The Kier molecular flexibility index (Phi) is 3.81. The minimum atomic E-state index is -4.02. The van der Waals surface area contributed by atoms with Crippen molar-refractivity contribution in [2.45, 2.75) is 11.4 Å². The minimum Gasteiger partial charge on any atom is -0.506 e. The molecule has 1 aliphatic heterocycles. The molecule has 0 fully saturated rings. The molecular weight excluding hydrogens is 368 g/mol. The van der Waals surface area contributed by atoms with Gasteiger partial charge in [0.1, 0.15) is 21.9 Å². The van der Waals surface area contributed by atoms with Crippen LogP contribution in [0.5, 0.6) is 5.75 Å². The molecule has 8 nitrogen and oxygen atoms in total. The molecule has 2 N–H and O–H groups in total. The van der Waals surface area contributed by atoms with Crippen LogP contribution in [0.15, 0.2) is 69.3 Å². The average molecular weight is 382 g/mol. The van der Waals surface area contributed by atoms with E-state index in [1.165, 1.54) is 22.9 Å². The van der Waals surface area contributed by atoms with Gasteiger partial charge < -0.3 is 10.4 Å². The number of sulfonamides is 1. The van der Waals surface area contributed by atoms with Gasteiger partial charge >= 0.3 is 0 Å². The zero-order chi connectivity index (χ0) is 19.2. The van der Waals surface area contributed by atoms with Crippen LogP contribution < -0.4 is 10.9 Å². The quantitative estimate of drug-likeness (QED) is 0.668. The van der Waals surface area contributed by atoms with Crippen LogP contribution in [0.4, 0.5) is 5.69 Å². The zero-order valence-corrected chi connectivity index (χ0v) is 14.8. The normalized spacial score (nSPS) is 14.9. The Morgan fingerprint density at radius 2 is 2.00 bits per heavy atom. The van der Waals surface area contributed by atoms with E-state index in [1.807, 2.05) is 0 Å². The van der Waals surface area contributed by atoms with E-state index in [9.17, 15) is 18.3 Å². The summed E-state index contributed by atoms with van der Waals surface area (Å²) in [6.45, 7) is 3.76. The van der Waals surface area contributed by atoms with Gasteiger partial charge in [0.05, 0.1) is 11.1 Å². The van der Waals surface area contributed by atoms with Crippen LogP contribution in [-0.4, -0.2) is 28.9 Å². The predicted octanol–water partition coefficient (Wildman–Crippen LogP) is 1.85. The number of anilines is 1. The topological polar surface area (TPSA) is 114 Å². The molecule has 1 aliphatic rings. The fraction of sp³-hybridized carbons (Fsp3) is 0.0556. The number of fused-ring (bicyclic) bond motifs is 2. The Labute approximate surface area is 154 Å². The summed E-state index contributed by atoms with van der Waals surface area (Å²) < 4.78 is 30.0. The number of hydrogen-bond donors (Lipinski definition) is 2. The summed E-state index contributed by atoms with van der Waals surface area (Å²) >= 11 is 0. The lowest BCUT2D eigenvalue weighted by atomic mass is 10.1. The standard InChI is InChI=1S/C18H14N4O4S/c1-2-10-22-17-11(6-5-9-19-17)15(23)14(18(22)24)16-20-12-7-3-4-8-13(12)27(25,26)21-16/h2-9,23H,1,10H2,(H,20,21). The molecule has 0 aliphatic carbocycles. The Morgan fingerprint density at radius 1 is 1.22 bits per heavy atom. The van der Waals surface area contributed by atoms with Gasteiger partial charge in [-0.2, -0.15) is 8.42 Å². The van der Waals surface area contributed by atoms with E-state index in [4.69, 9.17) is 0 Å². The third kappa shape index (κ3) is 2.59. The lowest BCUT2D eigenvalue weighted by molar-refractivity contribution is 0.477. The molecular formula is C18H14N4O4S. The fourth-order valence-corrected chi connectivity index (χ4v) is 4.12. The highest BCUT2D eigenvalue weighted by Crippen LogP contribution is 2.31. The molecule has 3 heterocycles. The predicted molar refractivity (Wildman–Crippen MR) is 102 cm³/mol. The number of nitrogens with one attached hydrogen (secondary N) is 1. The van der Waals surface area contributed by atoms with Gasteiger partial charge in [-0.05, 0) is 24.3 Å². The highest BCUT2D eigenvalue weighted by atomic mass is 32.2. The Bertz CT molecular complexity index is 1290. The molecule has 9 heteroatoms. The van der Waals surface area contributed by atoms with Crippen molar-refractivity contribution in [3.63, 3.8) is 0 Å². The lowest BCUT2D eigenvalue weighted by Gasteiger charge is -2.19. The first-order valence-electron chi connectivity index (χ1n) is 7.97. The molecule has 2 aromatic heterocycles. The molecule has 4 rings (SSSR count). The van der Waals surface area contributed by atoms with Crippen molar-refractivity contribution in [1.29, 1.82) is 0 Å². The molecule has 3 aromatic rings. The van der Waals surface area contributed by atoms with Crippen molar-refractivity contribution in [3.8, 4) is 5.75 Å². The van der Waals surface area contributed by atoms with Crippen LogP contribution in [0.3, 0.4) is 0 Å². The van der Waals surface area contributed by atoms with Crippen molar-refractivity contribution in [1.82, 2.24) is 9.55 Å². The maximum atomic E-state index is 13.0. The number of hydrogen-bond acceptors (Lipinski definition) is 6. The SMILES string of the molecule is C=CCn1c(=O)c(C2=NS(=O)(=O)c3ccccc3N2)c(O)c2cccnc21. The van der Waals surface area contributed by atoms with Gasteiger partial charge in [-0.15, -0.1) is 11.0 Å². The molecule has 0 amide bonds. The number of aromatic nitrogens is 2. The number of nitrogens with zero attached hydrogens (tertiary/aromatic N) is 3. The van der Waals surface area contributed by atoms with E-state index in [0.717, 1.165) is 0 Å². The van der Waals surface area contributed by atoms with E-state index in [1.54, 1.807) is 30.3 Å². The third-order valence-corrected chi connectivity index (χ3v) is 5.51. The summed E-state index contributed by atoms with van der Waals surface area (Å²) in [7, 11) is -4.02. The smallest absolute Gasteiger partial charge is 0.286 e. The van der Waals surface area contributed by atoms with Crippen LogP contribution in [0.1, 0.15) is 5.56 Å². The summed E-state index contributed by atoms with van der Waals surface area (Å²) in [5.74, 6) is -0.621. The third-order valence-electron chi connectivity index (χ3n) is 4.17. The Balaban J connectivity index is 2.05. The molecule has 0 spiro atoms. The summed E-state index contributed by atoms with van der Waals surface area (Å²) in [5.41, 5.74) is -0.318. The second-order valence-corrected chi connectivity index (χ2v) is 7.41. The first-order valence-corrected chi connectivity index (χ1v) is 9.41. The van der Waals surface area contributed by atoms with Gasteiger partial charge in [0.2, 0.25) is 0 Å². The maximum Gasteiger partial charge on any atom is 0.286 e. The van der Waals surface area contributed by atoms with Gasteiger partial charge in [-0.25, -0.2) is 4.98 Å². The van der Waals surface area contributed by atoms with E-state index < -0.39 is 15.6 Å². The second-order valence-electron chi connectivity index (χ2n) is 5.84. The van der Waals surface area contributed by atoms with E-state index in [2.05, 4.69) is 21.3 Å². The van der Waals surface area contributed by atoms with E-state index in [0.29, 0.717) is 5.39 Å². The van der Waals surface area contributed by atoms with E-state index >= 15 is 0 Å². The molecule has 27 heavy (non-hydrogen) atoms. The van der Waals surface area contributed by atoms with Gasteiger partial charge in [-0.3, -0.25) is 9.36 Å². The van der Waals surface area contributed by atoms with Gasteiger partial charge in [0, 0.05) is 12.7 Å². The first-order chi connectivity index (χ1) is 12.9. The van der Waals surface area contributed by atoms with Crippen molar-refractivity contribution < 1.29 is 13.5 Å². The van der Waals surface area contributed by atoms with Crippen molar-refractivity contribution >= 4 is 32.6 Å². The molecule has 1 aromatic carbocycles. The molecule has 0 atom stereocenters. The zero-order valence-electron chi connectivity index (χ0n) is 14.0. The molecule has 0 bridgehead atoms. The summed E-state index contributed by atoms with van der Waals surface area (Å²) in [6, 6.07) is 9.41. The highest BCUT2D eigenvalue weighted by Gasteiger charge is 2.29. The van der Waals surface area contributed by atoms with Crippen molar-refractivity contribution in [2.75, 3.05) is 5.32 Å². The van der Waals surface area contributed by atoms with Crippen LogP contribution in [0.2, 0.25) is 0 Å². The Hall–Kier alpha value is -3.46. The largest absolute Gasteiger partial charge is 0.506 e. The number of aromatic hydroxyl groups is 1. The van der Waals surface area contributed by atoms with Crippen molar-refractivity contribution in [3.05, 3.63) is 71.2 Å². The van der Waals surface area contributed by atoms with Gasteiger partial charge in [0.15, 0.2) is 5.84 Å². The summed E-state index contributed by atoms with van der Waals surface area (Å²) in [6.07, 6.45) is 3.01. The number of pyridine rings is 2. The average Bonchev–Trinajstić information content (AvgIpc) is 2.65. The Morgan fingerprint density at radius 3 is 2.78 bits per heavy atom. The first kappa shape index (κ1) is 17.0. The lowest BCUT2D eigenvalue weighted by Crippen LogP contribution is -2.32. The number of para-hydroxylation sites is 1. The van der Waals surface area contributed by atoms with Crippen LogP contribution in [0, 0.1) is 0 Å². The van der Waals surface area contributed by atoms with Crippen LogP contribution >= 0.6 is 0 Å². The molecule has 0 saturated heterocycles. The van der Waals surface area contributed by atoms with Crippen LogP contribution in [-0.2, 0) is 16.6 Å². The monoisotopic (exact) mass is 382 g/mol. The second kappa shape index (κ2) is 6.06. The summed E-state index contributed by atoms with van der Waals surface area (Å²) in [5, 5.41) is 13.8. The fourth-order valence-electron chi connectivity index (χ4n) is 3.00. The molecule has 0 saturated carbocycles. The number of amidine groups is 1. The molecule has 0 radical (unpaired) electrons. The number of benzene rings is 1. The van der Waals surface area contributed by atoms with E-state index in [-0.39, 0.29) is 39.9 Å². The van der Waals surface area contributed by atoms with Crippen molar-refractivity contribution in [2.24, 2.45) is 4.40 Å². The number of rotatable bonds is 3. The summed E-state index contributed by atoms with van der Waals surface area (Å²) in [4.78, 5) is 17.2. The minimum absolute atomic E-state index is 0.00196. The molecule has 0 unspecified atom stereocenters. The van der Waals surface area contributed by atoms with Crippen LogP contribution in [0.25, 0.3) is 11.0 Å². The van der Waals surface area contributed by atoms with Gasteiger partial charge in [0.25, 0.3) is 15.6 Å². The van der Waals surface area contributed by atoms with Gasteiger partial charge in [-0.1, -0.05) is 18.2 Å².